The van der Waals surface area contributed by atoms with Gasteiger partial charge in [0, 0.05) is 6.07 Å². The van der Waals surface area contributed by atoms with E-state index in [1.54, 1.807) is 19.1 Å². The van der Waals surface area contributed by atoms with E-state index >= 15 is 0 Å². The minimum atomic E-state index is -0.493. The Hall–Kier alpha value is -2.41. The van der Waals surface area contributed by atoms with Crippen molar-refractivity contribution in [3.05, 3.63) is 64.7 Å². The lowest BCUT2D eigenvalue weighted by atomic mass is 10.1. The zero-order chi connectivity index (χ0) is 13.8. The van der Waals surface area contributed by atoms with Gasteiger partial charge in [0.05, 0.1) is 11.6 Å². The van der Waals surface area contributed by atoms with Crippen molar-refractivity contribution in [1.29, 1.82) is 5.26 Å². The summed E-state index contributed by atoms with van der Waals surface area (Å²) in [5.41, 5.74) is 1.29. The maximum Gasteiger partial charge on any atom is 0.129 e. The van der Waals surface area contributed by atoms with Crippen molar-refractivity contribution in [2.24, 2.45) is 0 Å². The number of benzene rings is 2. The highest BCUT2D eigenvalue weighted by Gasteiger charge is 2.03. The molecule has 0 saturated carbocycles. The maximum absolute atomic E-state index is 13.3. The Bertz CT molecular complexity index is 647. The molecule has 4 heteroatoms. The highest BCUT2D eigenvalue weighted by molar-refractivity contribution is 5.34. The topological polar surface area (TPSA) is 33.0 Å². The average molecular weight is 259 g/mol. The lowest BCUT2D eigenvalue weighted by Crippen LogP contribution is -1.98. The van der Waals surface area contributed by atoms with E-state index in [0.29, 0.717) is 16.9 Å². The van der Waals surface area contributed by atoms with Crippen LogP contribution in [-0.4, -0.2) is 0 Å². The number of ether oxygens (including phenoxy) is 1. The summed E-state index contributed by atoms with van der Waals surface area (Å²) in [7, 11) is 0. The molecule has 0 spiro atoms. The summed E-state index contributed by atoms with van der Waals surface area (Å²) in [6, 6.07) is 10.4. The van der Waals surface area contributed by atoms with E-state index in [9.17, 15) is 8.78 Å². The van der Waals surface area contributed by atoms with E-state index < -0.39 is 5.82 Å². The molecule has 2 rings (SSSR count). The van der Waals surface area contributed by atoms with Crippen LogP contribution in [-0.2, 0) is 6.61 Å². The second kappa shape index (κ2) is 5.49. The standard InChI is InChI=1S/C15H11F2NO/c1-10-2-3-14(7-15(10)17)19-9-12-4-11(8-18)5-13(16)6-12/h2-7H,9H2,1H3. The Kier molecular flexibility index (Phi) is 3.76. The van der Waals surface area contributed by atoms with Gasteiger partial charge in [-0.1, -0.05) is 6.07 Å². The number of nitriles is 1. The highest BCUT2D eigenvalue weighted by Crippen LogP contribution is 2.18. The summed E-state index contributed by atoms with van der Waals surface area (Å²) in [4.78, 5) is 0. The zero-order valence-electron chi connectivity index (χ0n) is 10.3. The monoisotopic (exact) mass is 259 g/mol. The molecule has 19 heavy (non-hydrogen) atoms. The summed E-state index contributed by atoms with van der Waals surface area (Å²) < 4.78 is 31.9. The SMILES string of the molecule is Cc1ccc(OCc2cc(F)cc(C#N)c2)cc1F. The van der Waals surface area contributed by atoms with E-state index in [1.165, 1.54) is 18.2 Å². The lowest BCUT2D eigenvalue weighted by Gasteiger charge is -2.07. The molecule has 0 radical (unpaired) electrons. The molecule has 0 amide bonds. The Morgan fingerprint density at radius 2 is 1.95 bits per heavy atom. The van der Waals surface area contributed by atoms with Gasteiger partial charge in [0.2, 0.25) is 0 Å². The molecule has 0 aromatic heterocycles. The third kappa shape index (κ3) is 3.29. The molecular weight excluding hydrogens is 248 g/mol. The first-order valence-corrected chi connectivity index (χ1v) is 5.67. The second-order valence-electron chi connectivity index (χ2n) is 4.16. The van der Waals surface area contributed by atoms with E-state index in [4.69, 9.17) is 10.00 Å². The lowest BCUT2D eigenvalue weighted by molar-refractivity contribution is 0.304. The van der Waals surface area contributed by atoms with Crippen molar-refractivity contribution >= 4 is 0 Å². The van der Waals surface area contributed by atoms with Crippen LogP contribution in [0.5, 0.6) is 5.75 Å². The van der Waals surface area contributed by atoms with E-state index in [2.05, 4.69) is 0 Å². The fraction of sp³-hybridized carbons (Fsp3) is 0.133. The van der Waals surface area contributed by atoms with Gasteiger partial charge < -0.3 is 4.74 Å². The molecule has 0 aliphatic carbocycles. The van der Waals surface area contributed by atoms with Crippen LogP contribution in [0.2, 0.25) is 0 Å². The Morgan fingerprint density at radius 3 is 2.63 bits per heavy atom. The van der Waals surface area contributed by atoms with Gasteiger partial charge in [-0.25, -0.2) is 8.78 Å². The van der Waals surface area contributed by atoms with Gasteiger partial charge in [-0.15, -0.1) is 0 Å². The van der Waals surface area contributed by atoms with Gasteiger partial charge in [0.25, 0.3) is 0 Å². The molecule has 0 saturated heterocycles. The fourth-order valence-electron chi connectivity index (χ4n) is 1.63. The van der Waals surface area contributed by atoms with Crippen LogP contribution in [0.1, 0.15) is 16.7 Å². The van der Waals surface area contributed by atoms with Crippen molar-refractivity contribution in [2.75, 3.05) is 0 Å². The first-order valence-electron chi connectivity index (χ1n) is 5.67. The molecule has 0 atom stereocenters. The summed E-state index contributed by atoms with van der Waals surface area (Å²) in [6.07, 6.45) is 0. The zero-order valence-corrected chi connectivity index (χ0v) is 10.3. The molecule has 96 valence electrons. The van der Waals surface area contributed by atoms with Crippen LogP contribution in [0.4, 0.5) is 8.78 Å². The van der Waals surface area contributed by atoms with Crippen LogP contribution in [0, 0.1) is 29.9 Å². The van der Waals surface area contributed by atoms with Gasteiger partial charge in [-0.2, -0.15) is 5.26 Å². The minimum absolute atomic E-state index is 0.0783. The van der Waals surface area contributed by atoms with Crippen molar-refractivity contribution in [1.82, 2.24) is 0 Å². The number of rotatable bonds is 3. The average Bonchev–Trinajstić information content (AvgIpc) is 2.39. The number of nitrogens with zero attached hydrogens (tertiary/aromatic N) is 1. The summed E-state index contributed by atoms with van der Waals surface area (Å²) in [5, 5.41) is 8.73. The predicted molar refractivity (Wildman–Crippen MR) is 66.6 cm³/mol. The molecule has 0 fully saturated rings. The number of hydrogen-bond donors (Lipinski definition) is 0. The molecule has 0 aliphatic heterocycles. The van der Waals surface area contributed by atoms with Crippen molar-refractivity contribution < 1.29 is 13.5 Å². The van der Waals surface area contributed by atoms with E-state index in [0.717, 1.165) is 6.07 Å². The van der Waals surface area contributed by atoms with Crippen LogP contribution >= 0.6 is 0 Å². The van der Waals surface area contributed by atoms with Crippen LogP contribution in [0.3, 0.4) is 0 Å². The van der Waals surface area contributed by atoms with Gasteiger partial charge in [0.1, 0.15) is 24.0 Å². The normalized spacial score (nSPS) is 10.0. The molecular formula is C15H11F2NO. The summed E-state index contributed by atoms with van der Waals surface area (Å²) in [5.74, 6) is -0.479. The highest BCUT2D eigenvalue weighted by atomic mass is 19.1. The summed E-state index contributed by atoms with van der Waals surface area (Å²) in [6.45, 7) is 1.74. The molecule has 0 bridgehead atoms. The van der Waals surface area contributed by atoms with Crippen LogP contribution in [0.15, 0.2) is 36.4 Å². The first-order chi connectivity index (χ1) is 9.08. The molecule has 0 aliphatic rings. The smallest absolute Gasteiger partial charge is 0.129 e. The van der Waals surface area contributed by atoms with E-state index in [-0.39, 0.29) is 18.0 Å². The number of hydrogen-bond acceptors (Lipinski definition) is 2. The Balaban J connectivity index is 2.12. The Morgan fingerprint density at radius 1 is 1.16 bits per heavy atom. The first kappa shape index (κ1) is 13.0. The van der Waals surface area contributed by atoms with Crippen molar-refractivity contribution in [2.45, 2.75) is 13.5 Å². The van der Waals surface area contributed by atoms with Gasteiger partial charge in [-0.05, 0) is 42.3 Å². The fourth-order valence-corrected chi connectivity index (χ4v) is 1.63. The quantitative estimate of drug-likeness (QED) is 0.841. The third-order valence-electron chi connectivity index (χ3n) is 2.64. The maximum atomic E-state index is 13.3. The number of aryl methyl sites for hydroxylation is 1. The van der Waals surface area contributed by atoms with Gasteiger partial charge in [0.15, 0.2) is 0 Å². The van der Waals surface area contributed by atoms with Crippen LogP contribution < -0.4 is 4.74 Å². The van der Waals surface area contributed by atoms with Crippen molar-refractivity contribution in [3.63, 3.8) is 0 Å². The van der Waals surface area contributed by atoms with Crippen molar-refractivity contribution in [3.8, 4) is 11.8 Å². The molecule has 0 N–H and O–H groups in total. The molecule has 2 aromatic carbocycles. The van der Waals surface area contributed by atoms with Gasteiger partial charge >= 0.3 is 0 Å². The predicted octanol–water partition coefficient (Wildman–Crippen LogP) is 3.72. The molecule has 2 aromatic rings. The third-order valence-corrected chi connectivity index (χ3v) is 2.64. The van der Waals surface area contributed by atoms with Crippen LogP contribution in [0.25, 0.3) is 0 Å². The summed E-state index contributed by atoms with van der Waals surface area (Å²) >= 11 is 0. The number of halogens is 2. The molecule has 0 unspecified atom stereocenters. The Labute approximate surface area is 109 Å². The minimum Gasteiger partial charge on any atom is -0.489 e. The largest absolute Gasteiger partial charge is 0.489 e. The second-order valence-corrected chi connectivity index (χ2v) is 4.16. The van der Waals surface area contributed by atoms with E-state index in [1.807, 2.05) is 6.07 Å². The van der Waals surface area contributed by atoms with Gasteiger partial charge in [-0.3, -0.25) is 0 Å². The molecule has 2 nitrogen and oxygen atoms in total. The molecule has 0 heterocycles.